The molecule has 0 aromatic carbocycles. The van der Waals surface area contributed by atoms with Gasteiger partial charge in [0.1, 0.15) is 12.1 Å². The molecule has 94 valence electrons. The Morgan fingerprint density at radius 1 is 1.25 bits per heavy atom. The molecular formula is C8H16N2O4S2. The highest BCUT2D eigenvalue weighted by atomic mass is 33.1. The van der Waals surface area contributed by atoms with Gasteiger partial charge in [-0.15, -0.1) is 0 Å². The number of hydrogen-bond acceptors (Lipinski definition) is 6. The van der Waals surface area contributed by atoms with Gasteiger partial charge in [-0.05, 0) is 6.54 Å². The lowest BCUT2D eigenvalue weighted by Crippen LogP contribution is -2.38. The summed E-state index contributed by atoms with van der Waals surface area (Å²) in [5.74, 6) is -1.31. The summed E-state index contributed by atoms with van der Waals surface area (Å²) in [7, 11) is 2.57. The van der Waals surface area contributed by atoms with Crippen LogP contribution in [0.15, 0.2) is 0 Å². The Labute approximate surface area is 102 Å². The molecule has 2 atom stereocenters. The van der Waals surface area contributed by atoms with E-state index in [-0.39, 0.29) is 5.75 Å². The van der Waals surface area contributed by atoms with E-state index >= 15 is 0 Å². The molecule has 0 radical (unpaired) electrons. The highest BCUT2D eigenvalue weighted by Gasteiger charge is 2.17. The van der Waals surface area contributed by atoms with E-state index in [2.05, 4.69) is 5.32 Å². The minimum absolute atomic E-state index is 0.262. The summed E-state index contributed by atoms with van der Waals surface area (Å²) in [5.41, 5.74) is 5.29. The fraction of sp³-hybridized carbons (Fsp3) is 0.750. The van der Waals surface area contributed by atoms with E-state index in [1.807, 2.05) is 6.92 Å². The lowest BCUT2D eigenvalue weighted by Gasteiger charge is -2.12. The Bertz CT molecular complexity index is 240. The van der Waals surface area contributed by atoms with Crippen molar-refractivity contribution in [1.82, 2.24) is 5.32 Å². The Morgan fingerprint density at radius 3 is 2.25 bits per heavy atom. The van der Waals surface area contributed by atoms with Crippen LogP contribution in [0.1, 0.15) is 6.92 Å². The predicted molar refractivity (Wildman–Crippen MR) is 65.6 cm³/mol. The zero-order valence-electron chi connectivity index (χ0n) is 8.88. The molecule has 0 aliphatic heterocycles. The van der Waals surface area contributed by atoms with Crippen molar-refractivity contribution in [3.8, 4) is 0 Å². The molecule has 0 aromatic heterocycles. The van der Waals surface area contributed by atoms with E-state index in [1.54, 1.807) is 0 Å². The van der Waals surface area contributed by atoms with Gasteiger partial charge in [-0.25, -0.2) is 0 Å². The maximum Gasteiger partial charge on any atom is 0.321 e. The van der Waals surface area contributed by atoms with Crippen LogP contribution in [0.25, 0.3) is 0 Å². The SMILES string of the molecule is CCN[C@@H](CSSCC(N)C(=O)O)C(=O)O. The molecule has 0 bridgehead atoms. The van der Waals surface area contributed by atoms with Gasteiger partial charge in [0, 0.05) is 11.5 Å². The van der Waals surface area contributed by atoms with Gasteiger partial charge in [-0.1, -0.05) is 28.5 Å². The maximum absolute atomic E-state index is 10.7. The van der Waals surface area contributed by atoms with Crippen LogP contribution in [0.5, 0.6) is 0 Å². The lowest BCUT2D eigenvalue weighted by molar-refractivity contribution is -0.139. The number of nitrogens with one attached hydrogen (secondary N) is 1. The predicted octanol–water partition coefficient (Wildman–Crippen LogP) is -0.158. The van der Waals surface area contributed by atoms with Crippen LogP contribution in [0, 0.1) is 0 Å². The molecular weight excluding hydrogens is 252 g/mol. The quantitative estimate of drug-likeness (QED) is 0.337. The molecule has 0 rings (SSSR count). The van der Waals surface area contributed by atoms with Gasteiger partial charge in [-0.2, -0.15) is 0 Å². The van der Waals surface area contributed by atoms with Gasteiger partial charge in [0.05, 0.1) is 0 Å². The molecule has 16 heavy (non-hydrogen) atoms. The molecule has 1 unspecified atom stereocenters. The van der Waals surface area contributed by atoms with Crippen molar-refractivity contribution in [2.24, 2.45) is 5.73 Å². The number of likely N-dealkylation sites (N-methyl/N-ethyl adjacent to an activating group) is 1. The summed E-state index contributed by atoms with van der Waals surface area (Å²) in [6.45, 7) is 2.41. The smallest absolute Gasteiger partial charge is 0.321 e. The van der Waals surface area contributed by atoms with E-state index in [0.29, 0.717) is 12.3 Å². The normalized spacial score (nSPS) is 14.4. The summed E-state index contributed by atoms with van der Waals surface area (Å²) in [6, 6.07) is -1.51. The first-order valence-corrected chi connectivity index (χ1v) is 7.16. The van der Waals surface area contributed by atoms with E-state index < -0.39 is 24.0 Å². The lowest BCUT2D eigenvalue weighted by atomic mass is 10.3. The van der Waals surface area contributed by atoms with Crippen LogP contribution in [0.2, 0.25) is 0 Å². The monoisotopic (exact) mass is 268 g/mol. The van der Waals surface area contributed by atoms with Crippen molar-refractivity contribution in [2.45, 2.75) is 19.0 Å². The fourth-order valence-corrected chi connectivity index (χ4v) is 3.08. The zero-order valence-corrected chi connectivity index (χ0v) is 10.5. The average Bonchev–Trinajstić information content (AvgIpc) is 2.21. The van der Waals surface area contributed by atoms with Gasteiger partial charge in [0.2, 0.25) is 0 Å². The maximum atomic E-state index is 10.7. The molecule has 6 nitrogen and oxygen atoms in total. The Balaban J connectivity index is 3.70. The van der Waals surface area contributed by atoms with Gasteiger partial charge in [0.25, 0.3) is 0 Å². The largest absolute Gasteiger partial charge is 0.480 e. The van der Waals surface area contributed by atoms with Crippen LogP contribution in [0.3, 0.4) is 0 Å². The molecule has 0 fully saturated rings. The van der Waals surface area contributed by atoms with Gasteiger partial charge in [0.15, 0.2) is 0 Å². The second kappa shape index (κ2) is 8.68. The Morgan fingerprint density at radius 2 is 1.81 bits per heavy atom. The Kier molecular flexibility index (Phi) is 8.44. The molecule has 0 saturated carbocycles. The highest BCUT2D eigenvalue weighted by Crippen LogP contribution is 2.22. The van der Waals surface area contributed by atoms with E-state index in [4.69, 9.17) is 15.9 Å². The zero-order chi connectivity index (χ0) is 12.6. The summed E-state index contributed by atoms with van der Waals surface area (Å²) < 4.78 is 0. The van der Waals surface area contributed by atoms with E-state index in [9.17, 15) is 9.59 Å². The molecule has 8 heteroatoms. The van der Waals surface area contributed by atoms with E-state index in [1.165, 1.54) is 21.6 Å². The number of aliphatic carboxylic acids is 2. The Hall–Kier alpha value is -0.440. The second-order valence-corrected chi connectivity index (χ2v) is 5.51. The standard InChI is InChI=1S/C8H16N2O4S2/c1-2-10-6(8(13)14)4-16-15-3-5(9)7(11)12/h5-6,10H,2-4,9H2,1H3,(H,11,12)(H,13,14)/t5?,6-/m0/s1. The first-order chi connectivity index (χ1) is 7.49. The minimum Gasteiger partial charge on any atom is -0.480 e. The highest BCUT2D eigenvalue weighted by molar-refractivity contribution is 8.76. The number of carboxylic acids is 2. The summed E-state index contributed by atoms with van der Waals surface area (Å²) in [4.78, 5) is 21.1. The molecule has 5 N–H and O–H groups in total. The van der Waals surface area contributed by atoms with Gasteiger partial charge >= 0.3 is 11.9 Å². The van der Waals surface area contributed by atoms with Crippen molar-refractivity contribution in [1.29, 1.82) is 0 Å². The van der Waals surface area contributed by atoms with Crippen LogP contribution in [-0.2, 0) is 9.59 Å². The van der Waals surface area contributed by atoms with Crippen molar-refractivity contribution in [3.63, 3.8) is 0 Å². The number of carbonyl (C=O) groups is 2. The van der Waals surface area contributed by atoms with Crippen molar-refractivity contribution in [3.05, 3.63) is 0 Å². The van der Waals surface area contributed by atoms with Crippen LogP contribution < -0.4 is 11.1 Å². The molecule has 0 spiro atoms. The van der Waals surface area contributed by atoms with Crippen LogP contribution in [-0.4, -0.2) is 52.3 Å². The summed E-state index contributed by atoms with van der Waals surface area (Å²) in [5, 5.41) is 20.1. The van der Waals surface area contributed by atoms with Crippen LogP contribution >= 0.6 is 21.6 Å². The second-order valence-electron chi connectivity index (χ2n) is 2.96. The summed E-state index contributed by atoms with van der Waals surface area (Å²) >= 11 is 0. The number of nitrogens with two attached hydrogens (primary N) is 1. The third-order valence-corrected chi connectivity index (χ3v) is 4.08. The number of hydrogen-bond donors (Lipinski definition) is 4. The average molecular weight is 268 g/mol. The number of carboxylic acid groups (broad SMARTS) is 2. The molecule has 0 aliphatic rings. The molecule has 0 saturated heterocycles. The molecule has 0 amide bonds. The third kappa shape index (κ3) is 6.94. The van der Waals surface area contributed by atoms with Gasteiger partial charge < -0.3 is 21.3 Å². The van der Waals surface area contributed by atoms with E-state index in [0.717, 1.165) is 0 Å². The van der Waals surface area contributed by atoms with Crippen molar-refractivity contribution < 1.29 is 19.8 Å². The molecule has 0 aromatic rings. The van der Waals surface area contributed by atoms with Crippen LogP contribution in [0.4, 0.5) is 0 Å². The van der Waals surface area contributed by atoms with Crippen molar-refractivity contribution in [2.75, 3.05) is 18.1 Å². The first kappa shape index (κ1) is 15.6. The third-order valence-electron chi connectivity index (χ3n) is 1.63. The minimum atomic E-state index is -1.05. The number of rotatable bonds is 9. The molecule has 0 heterocycles. The van der Waals surface area contributed by atoms with Gasteiger partial charge in [-0.3, -0.25) is 9.59 Å². The molecule has 0 aliphatic carbocycles. The summed E-state index contributed by atoms with van der Waals surface area (Å²) in [6.07, 6.45) is 0. The van der Waals surface area contributed by atoms with Crippen molar-refractivity contribution >= 4 is 33.5 Å². The first-order valence-electron chi connectivity index (χ1n) is 4.68. The topological polar surface area (TPSA) is 113 Å². The fourth-order valence-electron chi connectivity index (χ4n) is 0.773.